The highest BCUT2D eigenvalue weighted by Gasteiger charge is 2.42. The molecular weight excluding hydrogens is 261 g/mol. The Morgan fingerprint density at radius 1 is 1.41 bits per heavy atom. The van der Waals surface area contributed by atoms with Crippen molar-refractivity contribution in [3.63, 3.8) is 0 Å². The van der Waals surface area contributed by atoms with Crippen LogP contribution in [-0.4, -0.2) is 34.6 Å². The van der Waals surface area contributed by atoms with Crippen molar-refractivity contribution in [2.45, 2.75) is 18.9 Å². The number of benzene rings is 1. The Morgan fingerprint density at radius 2 is 2.06 bits per heavy atom. The molecule has 0 saturated carbocycles. The predicted molar refractivity (Wildman–Crippen MR) is 67.6 cm³/mol. The molecule has 0 spiro atoms. The van der Waals surface area contributed by atoms with Crippen LogP contribution in [0.4, 0.5) is 0 Å². The summed E-state index contributed by atoms with van der Waals surface area (Å²) in [4.78, 5) is 13.6. The second kappa shape index (κ2) is 4.48. The summed E-state index contributed by atoms with van der Waals surface area (Å²) in [6.45, 7) is 2.66. The molecule has 3 nitrogen and oxygen atoms in total. The number of nitrogens with zero attached hydrogens (tertiary/aromatic N) is 1. The SMILES string of the molecule is CCC1(O)CN(C(=O)c2ccc(Cl)c(Cl)c2)C1. The standard InChI is InChI=1S/C12H13Cl2NO2/c1-2-12(17)6-15(7-12)11(16)8-3-4-9(13)10(14)5-8/h3-5,17H,2,6-7H2,1H3. The molecule has 92 valence electrons. The molecule has 1 aromatic carbocycles. The van der Waals surface area contributed by atoms with Crippen LogP contribution in [0.3, 0.4) is 0 Å². The molecule has 0 bridgehead atoms. The second-order valence-electron chi connectivity index (χ2n) is 4.37. The lowest BCUT2D eigenvalue weighted by atomic mass is 9.90. The van der Waals surface area contributed by atoms with Gasteiger partial charge in [0.2, 0.25) is 0 Å². The summed E-state index contributed by atoms with van der Waals surface area (Å²) in [5.41, 5.74) is -0.219. The molecule has 0 aliphatic carbocycles. The average Bonchev–Trinajstić information content (AvgIpc) is 2.27. The largest absolute Gasteiger partial charge is 0.386 e. The topological polar surface area (TPSA) is 40.5 Å². The molecule has 1 aliphatic rings. The van der Waals surface area contributed by atoms with Gasteiger partial charge in [-0.05, 0) is 24.6 Å². The van der Waals surface area contributed by atoms with E-state index in [-0.39, 0.29) is 5.91 Å². The second-order valence-corrected chi connectivity index (χ2v) is 5.18. The Bertz CT molecular complexity index is 456. The average molecular weight is 274 g/mol. The number of aliphatic hydroxyl groups is 1. The monoisotopic (exact) mass is 273 g/mol. The van der Waals surface area contributed by atoms with Gasteiger partial charge in [0, 0.05) is 5.56 Å². The number of hydrogen-bond donors (Lipinski definition) is 1. The Morgan fingerprint density at radius 3 is 2.59 bits per heavy atom. The van der Waals surface area contributed by atoms with Crippen molar-refractivity contribution in [2.24, 2.45) is 0 Å². The number of carbonyl (C=O) groups excluding carboxylic acids is 1. The molecule has 1 fully saturated rings. The van der Waals surface area contributed by atoms with Gasteiger partial charge in [-0.1, -0.05) is 30.1 Å². The first-order valence-electron chi connectivity index (χ1n) is 5.42. The van der Waals surface area contributed by atoms with Crippen LogP contribution < -0.4 is 0 Å². The number of amides is 1. The van der Waals surface area contributed by atoms with Crippen LogP contribution in [-0.2, 0) is 0 Å². The zero-order valence-electron chi connectivity index (χ0n) is 9.41. The van der Waals surface area contributed by atoms with Crippen LogP contribution in [0.2, 0.25) is 10.0 Å². The molecule has 1 aromatic rings. The smallest absolute Gasteiger partial charge is 0.254 e. The number of likely N-dealkylation sites (tertiary alicyclic amines) is 1. The fourth-order valence-corrected chi connectivity index (χ4v) is 2.14. The summed E-state index contributed by atoms with van der Waals surface area (Å²) >= 11 is 11.6. The minimum absolute atomic E-state index is 0.123. The van der Waals surface area contributed by atoms with E-state index in [0.717, 1.165) is 0 Å². The lowest BCUT2D eigenvalue weighted by Gasteiger charge is -2.46. The molecular formula is C12H13Cl2NO2. The van der Waals surface area contributed by atoms with Gasteiger partial charge in [0.15, 0.2) is 0 Å². The summed E-state index contributed by atoms with van der Waals surface area (Å²) in [5, 5.41) is 10.6. The van der Waals surface area contributed by atoms with E-state index in [1.807, 2.05) is 6.92 Å². The third-order valence-electron chi connectivity index (χ3n) is 3.08. The molecule has 1 amide bonds. The molecule has 0 radical (unpaired) electrons. The lowest BCUT2D eigenvalue weighted by molar-refractivity contribution is -0.0826. The van der Waals surface area contributed by atoms with E-state index in [2.05, 4.69) is 0 Å². The number of carbonyl (C=O) groups is 1. The molecule has 2 rings (SSSR count). The highest BCUT2D eigenvalue weighted by Crippen LogP contribution is 2.28. The van der Waals surface area contributed by atoms with Crippen LogP contribution in [0.25, 0.3) is 0 Å². The van der Waals surface area contributed by atoms with Crippen LogP contribution in [0.1, 0.15) is 23.7 Å². The Hall–Kier alpha value is -0.770. The lowest BCUT2D eigenvalue weighted by Crippen LogP contribution is -2.63. The van der Waals surface area contributed by atoms with Crippen molar-refractivity contribution < 1.29 is 9.90 Å². The molecule has 1 N–H and O–H groups in total. The van der Waals surface area contributed by atoms with Crippen molar-refractivity contribution in [3.8, 4) is 0 Å². The molecule has 5 heteroatoms. The Balaban J connectivity index is 2.09. The van der Waals surface area contributed by atoms with Crippen LogP contribution >= 0.6 is 23.2 Å². The number of halogens is 2. The zero-order chi connectivity index (χ0) is 12.6. The Labute approximate surface area is 110 Å². The first kappa shape index (κ1) is 12.7. The van der Waals surface area contributed by atoms with Gasteiger partial charge >= 0.3 is 0 Å². The summed E-state index contributed by atoms with van der Waals surface area (Å²) in [5.74, 6) is -0.123. The van der Waals surface area contributed by atoms with E-state index in [4.69, 9.17) is 23.2 Å². The molecule has 1 heterocycles. The maximum atomic E-state index is 12.0. The first-order chi connectivity index (χ1) is 7.95. The molecule has 1 saturated heterocycles. The number of β-amino-alcohol motifs (C(OH)–C–C–N with tert-alkyl or cyclic N) is 1. The van der Waals surface area contributed by atoms with Crippen molar-refractivity contribution in [3.05, 3.63) is 33.8 Å². The van der Waals surface area contributed by atoms with E-state index in [0.29, 0.717) is 35.1 Å². The molecule has 0 aromatic heterocycles. The van der Waals surface area contributed by atoms with E-state index >= 15 is 0 Å². The van der Waals surface area contributed by atoms with E-state index in [1.165, 1.54) is 0 Å². The van der Waals surface area contributed by atoms with Gasteiger partial charge in [0.1, 0.15) is 0 Å². The van der Waals surface area contributed by atoms with Crippen molar-refractivity contribution in [2.75, 3.05) is 13.1 Å². The normalized spacial score (nSPS) is 17.8. The summed E-state index contributed by atoms with van der Waals surface area (Å²) < 4.78 is 0. The third kappa shape index (κ3) is 2.41. The number of hydrogen-bond acceptors (Lipinski definition) is 2. The highest BCUT2D eigenvalue weighted by molar-refractivity contribution is 6.42. The molecule has 17 heavy (non-hydrogen) atoms. The first-order valence-corrected chi connectivity index (χ1v) is 6.17. The van der Waals surface area contributed by atoms with Crippen molar-refractivity contribution in [1.29, 1.82) is 0 Å². The minimum atomic E-state index is -0.716. The van der Waals surface area contributed by atoms with Crippen LogP contribution in [0.15, 0.2) is 18.2 Å². The van der Waals surface area contributed by atoms with Crippen LogP contribution in [0, 0.1) is 0 Å². The van der Waals surface area contributed by atoms with Gasteiger partial charge in [0.25, 0.3) is 5.91 Å². The van der Waals surface area contributed by atoms with E-state index in [1.54, 1.807) is 23.1 Å². The minimum Gasteiger partial charge on any atom is -0.386 e. The zero-order valence-corrected chi connectivity index (χ0v) is 10.9. The summed E-state index contributed by atoms with van der Waals surface area (Å²) in [6, 6.07) is 4.79. The molecule has 1 aliphatic heterocycles. The van der Waals surface area contributed by atoms with Gasteiger partial charge < -0.3 is 10.0 Å². The fraction of sp³-hybridized carbons (Fsp3) is 0.417. The van der Waals surface area contributed by atoms with Crippen molar-refractivity contribution >= 4 is 29.1 Å². The van der Waals surface area contributed by atoms with Gasteiger partial charge in [-0.15, -0.1) is 0 Å². The summed E-state index contributed by atoms with van der Waals surface area (Å²) in [7, 11) is 0. The van der Waals surface area contributed by atoms with E-state index in [9.17, 15) is 9.90 Å². The fourth-order valence-electron chi connectivity index (χ4n) is 1.84. The summed E-state index contributed by atoms with van der Waals surface area (Å²) in [6.07, 6.45) is 0.651. The van der Waals surface area contributed by atoms with Crippen LogP contribution in [0.5, 0.6) is 0 Å². The third-order valence-corrected chi connectivity index (χ3v) is 3.82. The number of rotatable bonds is 2. The quantitative estimate of drug-likeness (QED) is 0.900. The van der Waals surface area contributed by atoms with E-state index < -0.39 is 5.60 Å². The Kier molecular flexibility index (Phi) is 3.34. The maximum absolute atomic E-state index is 12.0. The molecule has 0 atom stereocenters. The van der Waals surface area contributed by atoms with Gasteiger partial charge in [-0.3, -0.25) is 4.79 Å². The highest BCUT2D eigenvalue weighted by atomic mass is 35.5. The van der Waals surface area contributed by atoms with Gasteiger partial charge in [0.05, 0.1) is 28.7 Å². The maximum Gasteiger partial charge on any atom is 0.254 e. The predicted octanol–water partition coefficient (Wildman–Crippen LogP) is 2.59. The van der Waals surface area contributed by atoms with Crippen molar-refractivity contribution in [1.82, 2.24) is 4.90 Å². The van der Waals surface area contributed by atoms with Gasteiger partial charge in [-0.25, -0.2) is 0 Å². The molecule has 0 unspecified atom stereocenters. The van der Waals surface area contributed by atoms with Gasteiger partial charge in [-0.2, -0.15) is 0 Å².